The number of aryl methyl sites for hydroxylation is 1. The second-order valence-corrected chi connectivity index (χ2v) is 6.29. The van der Waals surface area contributed by atoms with E-state index in [4.69, 9.17) is 0 Å². The molecule has 2 saturated carbocycles. The molecule has 1 N–H and O–H groups in total. The Morgan fingerprint density at radius 2 is 2.22 bits per heavy atom. The number of hydrogen-bond acceptors (Lipinski definition) is 2. The van der Waals surface area contributed by atoms with E-state index in [1.165, 1.54) is 44.9 Å². The lowest BCUT2D eigenvalue weighted by Gasteiger charge is -2.26. The largest absolute Gasteiger partial charge is 0.353 e. The number of imidazole rings is 1. The molecule has 2 atom stereocenters. The maximum absolute atomic E-state index is 4.43. The Morgan fingerprint density at radius 3 is 3.00 bits per heavy atom. The Kier molecular flexibility index (Phi) is 3.57. The summed E-state index contributed by atoms with van der Waals surface area (Å²) in [5, 5.41) is 3.51. The van der Waals surface area contributed by atoms with Crippen LogP contribution < -0.4 is 5.32 Å². The number of aromatic nitrogens is 2. The first-order chi connectivity index (χ1) is 8.81. The zero-order valence-electron chi connectivity index (χ0n) is 11.4. The van der Waals surface area contributed by atoms with Gasteiger partial charge in [-0.2, -0.15) is 0 Å². The highest BCUT2D eigenvalue weighted by Gasteiger charge is 2.23. The van der Waals surface area contributed by atoms with Crippen LogP contribution in [0.1, 0.15) is 51.9 Å². The fraction of sp³-hybridized carbons (Fsp3) is 0.800. The summed E-state index contributed by atoms with van der Waals surface area (Å²) < 4.78 is 2.30. The molecule has 0 aromatic carbocycles. The van der Waals surface area contributed by atoms with Crippen molar-refractivity contribution in [1.29, 1.82) is 0 Å². The molecule has 0 amide bonds. The van der Waals surface area contributed by atoms with E-state index in [1.807, 2.05) is 6.20 Å². The molecule has 2 unspecified atom stereocenters. The van der Waals surface area contributed by atoms with Crippen LogP contribution in [-0.4, -0.2) is 15.6 Å². The van der Waals surface area contributed by atoms with E-state index in [-0.39, 0.29) is 0 Å². The fourth-order valence-corrected chi connectivity index (χ4v) is 3.18. The van der Waals surface area contributed by atoms with Crippen LogP contribution in [0.25, 0.3) is 0 Å². The molecule has 0 aliphatic heterocycles. The van der Waals surface area contributed by atoms with Crippen LogP contribution in [-0.2, 0) is 6.54 Å². The van der Waals surface area contributed by atoms with Crippen molar-refractivity contribution < 1.29 is 0 Å². The molecule has 1 heterocycles. The monoisotopic (exact) mass is 247 g/mol. The SMILES string of the molecule is CC1CCCC(CCn2ccnc2NC2CC2)C1. The van der Waals surface area contributed by atoms with Crippen molar-refractivity contribution in [2.24, 2.45) is 11.8 Å². The molecule has 1 aromatic heterocycles. The predicted molar refractivity (Wildman–Crippen MR) is 74.6 cm³/mol. The summed E-state index contributed by atoms with van der Waals surface area (Å²) in [4.78, 5) is 4.43. The zero-order valence-corrected chi connectivity index (χ0v) is 11.4. The van der Waals surface area contributed by atoms with Gasteiger partial charge in [0.2, 0.25) is 5.95 Å². The van der Waals surface area contributed by atoms with Crippen LogP contribution in [0, 0.1) is 11.8 Å². The summed E-state index contributed by atoms with van der Waals surface area (Å²) in [5.74, 6) is 2.96. The van der Waals surface area contributed by atoms with E-state index in [2.05, 4.69) is 28.0 Å². The van der Waals surface area contributed by atoms with Gasteiger partial charge in [-0.3, -0.25) is 0 Å². The van der Waals surface area contributed by atoms with Crippen molar-refractivity contribution in [1.82, 2.24) is 9.55 Å². The number of hydrogen-bond donors (Lipinski definition) is 1. The molecule has 100 valence electrons. The quantitative estimate of drug-likeness (QED) is 0.860. The maximum atomic E-state index is 4.43. The Bertz CT molecular complexity index is 381. The maximum Gasteiger partial charge on any atom is 0.202 e. The molecule has 2 fully saturated rings. The molecule has 18 heavy (non-hydrogen) atoms. The van der Waals surface area contributed by atoms with Crippen LogP contribution in [0.3, 0.4) is 0 Å². The van der Waals surface area contributed by atoms with Crippen LogP contribution >= 0.6 is 0 Å². The molecule has 1 aromatic rings. The molecule has 3 rings (SSSR count). The summed E-state index contributed by atoms with van der Waals surface area (Å²) in [6.45, 7) is 3.54. The number of nitrogens with one attached hydrogen (secondary N) is 1. The smallest absolute Gasteiger partial charge is 0.202 e. The van der Waals surface area contributed by atoms with Crippen LogP contribution in [0.2, 0.25) is 0 Å². The van der Waals surface area contributed by atoms with Gasteiger partial charge in [-0.25, -0.2) is 4.98 Å². The van der Waals surface area contributed by atoms with Crippen LogP contribution in [0.5, 0.6) is 0 Å². The Labute approximate surface area is 110 Å². The van der Waals surface area contributed by atoms with Crippen molar-refractivity contribution in [2.45, 2.75) is 64.5 Å². The van der Waals surface area contributed by atoms with Crippen LogP contribution in [0.15, 0.2) is 12.4 Å². The molecule has 0 radical (unpaired) electrons. The normalized spacial score (nSPS) is 28.3. The zero-order chi connectivity index (χ0) is 12.4. The van der Waals surface area contributed by atoms with E-state index >= 15 is 0 Å². The topological polar surface area (TPSA) is 29.9 Å². The lowest BCUT2D eigenvalue weighted by Crippen LogP contribution is -2.16. The van der Waals surface area contributed by atoms with Gasteiger partial charge in [0.15, 0.2) is 0 Å². The van der Waals surface area contributed by atoms with E-state index < -0.39 is 0 Å². The van der Waals surface area contributed by atoms with Crippen molar-refractivity contribution in [3.05, 3.63) is 12.4 Å². The first-order valence-corrected chi connectivity index (χ1v) is 7.59. The third-order valence-electron chi connectivity index (χ3n) is 4.45. The first-order valence-electron chi connectivity index (χ1n) is 7.59. The summed E-state index contributed by atoms with van der Waals surface area (Å²) in [6.07, 6.45) is 13.7. The highest BCUT2D eigenvalue weighted by molar-refractivity contribution is 5.29. The molecule has 0 bridgehead atoms. The molecule has 2 aliphatic carbocycles. The lowest BCUT2D eigenvalue weighted by molar-refractivity contribution is 0.261. The van der Waals surface area contributed by atoms with Gasteiger partial charge < -0.3 is 9.88 Å². The van der Waals surface area contributed by atoms with Gasteiger partial charge in [-0.1, -0.05) is 26.2 Å². The van der Waals surface area contributed by atoms with Crippen LogP contribution in [0.4, 0.5) is 5.95 Å². The Hall–Kier alpha value is -0.990. The van der Waals surface area contributed by atoms with E-state index in [0.717, 1.165) is 24.3 Å². The van der Waals surface area contributed by atoms with Crippen molar-refractivity contribution in [3.63, 3.8) is 0 Å². The van der Waals surface area contributed by atoms with Crippen molar-refractivity contribution in [3.8, 4) is 0 Å². The van der Waals surface area contributed by atoms with Gasteiger partial charge in [-0.15, -0.1) is 0 Å². The first kappa shape index (κ1) is 12.1. The summed E-state index contributed by atoms with van der Waals surface area (Å²) >= 11 is 0. The van der Waals surface area contributed by atoms with Gasteiger partial charge in [0.05, 0.1) is 0 Å². The summed E-state index contributed by atoms with van der Waals surface area (Å²) in [5.41, 5.74) is 0. The highest BCUT2D eigenvalue weighted by Crippen LogP contribution is 2.31. The second kappa shape index (κ2) is 5.33. The molecular weight excluding hydrogens is 222 g/mol. The highest BCUT2D eigenvalue weighted by atomic mass is 15.2. The molecule has 2 aliphatic rings. The summed E-state index contributed by atoms with van der Waals surface area (Å²) in [7, 11) is 0. The summed E-state index contributed by atoms with van der Waals surface area (Å²) in [6, 6.07) is 0.695. The van der Waals surface area contributed by atoms with Gasteiger partial charge in [0, 0.05) is 25.0 Å². The van der Waals surface area contributed by atoms with E-state index in [9.17, 15) is 0 Å². The Morgan fingerprint density at radius 1 is 1.33 bits per heavy atom. The van der Waals surface area contributed by atoms with Gasteiger partial charge in [-0.05, 0) is 37.5 Å². The second-order valence-electron chi connectivity index (χ2n) is 6.29. The molecule has 0 spiro atoms. The number of anilines is 1. The molecule has 3 heteroatoms. The average molecular weight is 247 g/mol. The third kappa shape index (κ3) is 3.06. The van der Waals surface area contributed by atoms with Crippen molar-refractivity contribution >= 4 is 5.95 Å². The minimum atomic E-state index is 0.695. The minimum absolute atomic E-state index is 0.695. The van der Waals surface area contributed by atoms with E-state index in [1.54, 1.807) is 0 Å². The third-order valence-corrected chi connectivity index (χ3v) is 4.45. The number of nitrogens with zero attached hydrogens (tertiary/aromatic N) is 2. The van der Waals surface area contributed by atoms with E-state index in [0.29, 0.717) is 6.04 Å². The molecule has 0 saturated heterocycles. The van der Waals surface area contributed by atoms with Gasteiger partial charge in [0.1, 0.15) is 0 Å². The number of rotatable bonds is 5. The Balaban J connectivity index is 1.51. The standard InChI is InChI=1S/C15H25N3/c1-12-3-2-4-13(11-12)7-9-18-10-8-16-15(18)17-14-5-6-14/h8,10,12-14H,2-7,9,11H2,1H3,(H,16,17). The van der Waals surface area contributed by atoms with Crippen molar-refractivity contribution in [2.75, 3.05) is 5.32 Å². The minimum Gasteiger partial charge on any atom is -0.353 e. The van der Waals surface area contributed by atoms with Gasteiger partial charge in [0.25, 0.3) is 0 Å². The average Bonchev–Trinajstić information content (AvgIpc) is 3.05. The predicted octanol–water partition coefficient (Wildman–Crippen LogP) is 3.67. The lowest BCUT2D eigenvalue weighted by atomic mass is 9.81. The molecule has 3 nitrogen and oxygen atoms in total. The van der Waals surface area contributed by atoms with Gasteiger partial charge >= 0.3 is 0 Å². The fourth-order valence-electron chi connectivity index (χ4n) is 3.18. The molecular formula is C15H25N3.